The van der Waals surface area contributed by atoms with Crippen LogP contribution in [0.5, 0.6) is 28.7 Å². The number of ether oxygens (including phenoxy) is 5. The lowest BCUT2D eigenvalue weighted by molar-refractivity contribution is 0.0644. The quantitative estimate of drug-likeness (QED) is 0.200. The van der Waals surface area contributed by atoms with E-state index < -0.39 is 12.3 Å². The zero-order chi connectivity index (χ0) is 36.0. The van der Waals surface area contributed by atoms with Crippen molar-refractivity contribution in [3.05, 3.63) is 71.4 Å². The van der Waals surface area contributed by atoms with Gasteiger partial charge in [0.05, 0.1) is 63.1 Å². The number of anilines is 2. The largest absolute Gasteiger partial charge is 0.497 e. The number of methoxy groups -OCH3 is 3. The van der Waals surface area contributed by atoms with Crippen molar-refractivity contribution in [1.29, 1.82) is 0 Å². The molecule has 12 heteroatoms. The molecular weight excluding hydrogens is 664 g/mol. The van der Waals surface area contributed by atoms with Crippen LogP contribution < -0.4 is 34.3 Å². The molecule has 1 saturated heterocycles. The number of carbonyl (C=O) groups is 2. The van der Waals surface area contributed by atoms with Gasteiger partial charge in [0, 0.05) is 37.5 Å². The monoisotopic (exact) mass is 710 g/mol. The van der Waals surface area contributed by atoms with Crippen molar-refractivity contribution in [3.8, 4) is 28.7 Å². The fraction of sp³-hybridized carbons (Fsp3) is 0.450. The van der Waals surface area contributed by atoms with Crippen molar-refractivity contribution < 1.29 is 38.4 Å². The maximum Gasteiger partial charge on any atom is 0.260 e. The lowest BCUT2D eigenvalue weighted by atomic mass is 10.0. The van der Waals surface area contributed by atoms with Gasteiger partial charge in [0.25, 0.3) is 11.8 Å². The summed E-state index contributed by atoms with van der Waals surface area (Å²) in [5, 5.41) is 17.8. The molecule has 52 heavy (non-hydrogen) atoms. The standard InChI is InChI=1S/C40H46N4O8/c1-48-27-9-7-24(8-10-27)25-15-32-37(45)42-31-19-36(34(50-3)17-29(31)38(46)43(32)22-25)52-14-6-4-5-13-51-35-18-30-28(16-33(35)49-2)39(47)44-23-40(11-12-40)20-26(44)21-41-30/h7-10,16-19,22,26,32,37,41-42,45H,4-6,11-15,20-21,23H2,1-3H3/t26-,32?,37?/m0/s1. The Bertz CT molecular complexity index is 1890. The number of benzene rings is 3. The van der Waals surface area contributed by atoms with Gasteiger partial charge in [-0.2, -0.15) is 0 Å². The molecule has 2 unspecified atom stereocenters. The summed E-state index contributed by atoms with van der Waals surface area (Å²) in [7, 11) is 4.77. The van der Waals surface area contributed by atoms with E-state index in [-0.39, 0.29) is 17.9 Å². The van der Waals surface area contributed by atoms with Crippen LogP contribution in [0.3, 0.4) is 0 Å². The minimum Gasteiger partial charge on any atom is -0.497 e. The first-order valence-corrected chi connectivity index (χ1v) is 18.2. The Morgan fingerprint density at radius 1 is 0.808 bits per heavy atom. The molecule has 3 aromatic rings. The Hall–Kier alpha value is -5.10. The smallest absolute Gasteiger partial charge is 0.260 e. The van der Waals surface area contributed by atoms with Crippen molar-refractivity contribution in [2.75, 3.05) is 58.3 Å². The molecular formula is C40H46N4O8. The van der Waals surface area contributed by atoms with Crippen molar-refractivity contribution in [3.63, 3.8) is 0 Å². The van der Waals surface area contributed by atoms with E-state index in [0.717, 1.165) is 61.3 Å². The van der Waals surface area contributed by atoms with Gasteiger partial charge in [-0.25, -0.2) is 0 Å². The van der Waals surface area contributed by atoms with E-state index in [1.165, 1.54) is 12.8 Å². The van der Waals surface area contributed by atoms with E-state index in [2.05, 4.69) is 15.5 Å². The molecule has 12 nitrogen and oxygen atoms in total. The zero-order valence-electron chi connectivity index (χ0n) is 29.9. The van der Waals surface area contributed by atoms with Gasteiger partial charge in [-0.15, -0.1) is 0 Å². The highest BCUT2D eigenvalue weighted by molar-refractivity contribution is 6.03. The zero-order valence-corrected chi connectivity index (χ0v) is 29.9. The number of carbonyl (C=O) groups excluding carboxylic acids is 2. The number of nitrogens with one attached hydrogen (secondary N) is 2. The van der Waals surface area contributed by atoms with E-state index in [9.17, 15) is 14.7 Å². The highest BCUT2D eigenvalue weighted by Gasteiger charge is 2.54. The van der Waals surface area contributed by atoms with Crippen LogP contribution in [-0.4, -0.2) is 92.7 Å². The first-order chi connectivity index (χ1) is 25.3. The number of amides is 2. The van der Waals surface area contributed by atoms with Crippen molar-refractivity contribution in [2.24, 2.45) is 5.41 Å². The summed E-state index contributed by atoms with van der Waals surface area (Å²) in [4.78, 5) is 30.9. The predicted octanol–water partition coefficient (Wildman–Crippen LogP) is 5.76. The molecule has 2 fully saturated rings. The minimum atomic E-state index is -0.986. The molecule has 1 saturated carbocycles. The Kier molecular flexibility index (Phi) is 9.02. The number of hydrogen-bond acceptors (Lipinski definition) is 10. The summed E-state index contributed by atoms with van der Waals surface area (Å²) in [6.07, 6.45) is 7.27. The van der Waals surface area contributed by atoms with E-state index in [0.29, 0.717) is 64.9 Å². The Morgan fingerprint density at radius 2 is 1.46 bits per heavy atom. The molecule has 5 aliphatic rings. The number of aliphatic hydroxyl groups excluding tert-OH is 1. The third-order valence-corrected chi connectivity index (χ3v) is 11.2. The Balaban J connectivity index is 0.854. The molecule has 2 amide bonds. The van der Waals surface area contributed by atoms with E-state index >= 15 is 0 Å². The maximum atomic E-state index is 13.8. The number of fused-ring (bicyclic) bond motifs is 4. The molecule has 1 aliphatic carbocycles. The van der Waals surface area contributed by atoms with Crippen LogP contribution in [0, 0.1) is 5.41 Å². The number of aliphatic hydroxyl groups is 1. The van der Waals surface area contributed by atoms with Crippen LogP contribution in [0.15, 0.2) is 54.7 Å². The summed E-state index contributed by atoms with van der Waals surface area (Å²) in [5.74, 6) is 2.70. The molecule has 4 aliphatic heterocycles. The maximum absolute atomic E-state index is 13.8. The summed E-state index contributed by atoms with van der Waals surface area (Å²) >= 11 is 0. The number of rotatable bonds is 12. The first-order valence-electron chi connectivity index (χ1n) is 18.2. The van der Waals surface area contributed by atoms with Crippen LogP contribution in [0.2, 0.25) is 0 Å². The van der Waals surface area contributed by atoms with Gasteiger partial charge in [0.2, 0.25) is 0 Å². The Morgan fingerprint density at radius 3 is 2.10 bits per heavy atom. The van der Waals surface area contributed by atoms with Crippen LogP contribution in [0.25, 0.3) is 5.57 Å². The lowest BCUT2D eigenvalue weighted by Crippen LogP contribution is -2.42. The summed E-state index contributed by atoms with van der Waals surface area (Å²) in [6, 6.07) is 14.5. The minimum absolute atomic E-state index is 0.0696. The third-order valence-electron chi connectivity index (χ3n) is 11.2. The second-order valence-electron chi connectivity index (χ2n) is 14.5. The molecule has 274 valence electrons. The molecule has 0 radical (unpaired) electrons. The summed E-state index contributed by atoms with van der Waals surface area (Å²) in [6.45, 7) is 2.52. The van der Waals surface area contributed by atoms with Gasteiger partial charge in [-0.05, 0) is 85.8 Å². The molecule has 3 N–H and O–H groups in total. The molecule has 3 atom stereocenters. The highest BCUT2D eigenvalue weighted by Crippen LogP contribution is 2.55. The molecule has 1 spiro atoms. The highest BCUT2D eigenvalue weighted by atomic mass is 16.5. The van der Waals surface area contributed by atoms with Crippen LogP contribution in [-0.2, 0) is 0 Å². The molecule has 8 rings (SSSR count). The fourth-order valence-corrected chi connectivity index (χ4v) is 8.04. The van der Waals surface area contributed by atoms with Crippen LogP contribution >= 0.6 is 0 Å². The first kappa shape index (κ1) is 34.0. The van der Waals surface area contributed by atoms with Gasteiger partial charge >= 0.3 is 0 Å². The summed E-state index contributed by atoms with van der Waals surface area (Å²) in [5.41, 5.74) is 4.60. The van der Waals surface area contributed by atoms with Gasteiger partial charge in [-0.1, -0.05) is 12.1 Å². The second kappa shape index (κ2) is 13.8. The van der Waals surface area contributed by atoms with Gasteiger partial charge in [0.1, 0.15) is 12.0 Å². The van der Waals surface area contributed by atoms with Gasteiger partial charge < -0.3 is 49.2 Å². The number of unbranched alkanes of at least 4 members (excludes halogenated alkanes) is 2. The van der Waals surface area contributed by atoms with E-state index in [1.807, 2.05) is 42.6 Å². The normalized spacial score (nSPS) is 22.2. The predicted molar refractivity (Wildman–Crippen MR) is 196 cm³/mol. The van der Waals surface area contributed by atoms with E-state index in [4.69, 9.17) is 23.7 Å². The SMILES string of the molecule is COc1ccc(C2=CN3C(=O)c4cc(OC)c(OCCCCCOc5cc6c(cc5OC)C(=O)N5CC7(CC7)C[C@H]5CN6)cc4NC(O)C3C2)cc1. The molecule has 0 aromatic heterocycles. The number of nitrogens with zero attached hydrogens (tertiary/aromatic N) is 2. The molecule has 4 heterocycles. The average Bonchev–Trinajstić information content (AvgIpc) is 3.66. The lowest BCUT2D eigenvalue weighted by Gasteiger charge is -2.24. The van der Waals surface area contributed by atoms with Crippen LogP contribution in [0.1, 0.15) is 71.2 Å². The fourth-order valence-electron chi connectivity index (χ4n) is 8.04. The third kappa shape index (κ3) is 6.33. The van der Waals surface area contributed by atoms with Crippen LogP contribution in [0.4, 0.5) is 11.4 Å². The molecule has 0 bridgehead atoms. The topological polar surface area (TPSA) is 131 Å². The number of hydrogen-bond donors (Lipinski definition) is 3. The second-order valence-corrected chi connectivity index (χ2v) is 14.5. The van der Waals surface area contributed by atoms with Crippen molar-refractivity contribution >= 4 is 28.8 Å². The van der Waals surface area contributed by atoms with Gasteiger partial charge in [0.15, 0.2) is 23.0 Å². The van der Waals surface area contributed by atoms with Crippen molar-refractivity contribution in [2.45, 2.75) is 63.3 Å². The van der Waals surface area contributed by atoms with Gasteiger partial charge in [-0.3, -0.25) is 9.59 Å². The van der Waals surface area contributed by atoms with E-state index in [1.54, 1.807) is 38.4 Å². The molecule has 3 aromatic carbocycles. The Labute approximate surface area is 303 Å². The summed E-state index contributed by atoms with van der Waals surface area (Å²) < 4.78 is 28.8. The van der Waals surface area contributed by atoms with Crippen molar-refractivity contribution in [1.82, 2.24) is 9.80 Å². The average molecular weight is 711 g/mol.